The lowest BCUT2D eigenvalue weighted by molar-refractivity contribution is -0.129. The number of hydrogen-bond acceptors (Lipinski definition) is 6. The molecule has 1 atom stereocenters. The number of ether oxygens (including phenoxy) is 1. The van der Waals surface area contributed by atoms with Crippen LogP contribution in [0.25, 0.3) is 0 Å². The Bertz CT molecular complexity index is 1280. The highest BCUT2D eigenvalue weighted by atomic mass is 35.5. The van der Waals surface area contributed by atoms with Crippen LogP contribution < -0.4 is 5.32 Å². The highest BCUT2D eigenvalue weighted by Crippen LogP contribution is 2.31. The molecule has 1 heterocycles. The van der Waals surface area contributed by atoms with Crippen molar-refractivity contribution in [1.29, 1.82) is 0 Å². The van der Waals surface area contributed by atoms with Gasteiger partial charge in [-0.3, -0.25) is 14.5 Å². The molecule has 1 N–H and O–H groups in total. The number of carbonyl (C=O) groups is 3. The lowest BCUT2D eigenvalue weighted by Crippen LogP contribution is -2.44. The molecule has 0 aliphatic carbocycles. The predicted octanol–water partition coefficient (Wildman–Crippen LogP) is 5.68. The summed E-state index contributed by atoms with van der Waals surface area (Å²) in [7, 11) is 0. The highest BCUT2D eigenvalue weighted by molar-refractivity contribution is 8.15. The molecule has 9 heteroatoms. The smallest absolute Gasteiger partial charge is 0.338 e. The number of esters is 1. The fraction of sp³-hybridized carbons (Fsp3) is 0.185. The number of nitrogens with one attached hydrogen (secondary N) is 1. The molecule has 0 aromatic heterocycles. The summed E-state index contributed by atoms with van der Waals surface area (Å²) in [5.41, 5.74) is 2.46. The zero-order chi connectivity index (χ0) is 25.5. The first-order chi connectivity index (χ1) is 17.4. The normalized spacial score (nSPS) is 16.6. The van der Waals surface area contributed by atoms with Crippen LogP contribution in [0.15, 0.2) is 83.9 Å². The number of anilines is 1. The van der Waals surface area contributed by atoms with E-state index in [9.17, 15) is 14.4 Å². The van der Waals surface area contributed by atoms with Crippen molar-refractivity contribution in [3.8, 4) is 0 Å². The van der Waals surface area contributed by atoms with E-state index < -0.39 is 11.2 Å². The molecule has 3 aromatic carbocycles. The zero-order valence-electron chi connectivity index (χ0n) is 19.5. The van der Waals surface area contributed by atoms with E-state index >= 15 is 0 Å². The van der Waals surface area contributed by atoms with Crippen LogP contribution in [0.5, 0.6) is 0 Å². The van der Waals surface area contributed by atoms with Gasteiger partial charge in [0, 0.05) is 17.1 Å². The van der Waals surface area contributed by atoms with Crippen LogP contribution in [0, 0.1) is 0 Å². The summed E-state index contributed by atoms with van der Waals surface area (Å²) >= 11 is 7.26. The number of benzene rings is 3. The minimum atomic E-state index is -0.666. The predicted molar refractivity (Wildman–Crippen MR) is 143 cm³/mol. The second-order valence-electron chi connectivity index (χ2n) is 7.94. The van der Waals surface area contributed by atoms with Gasteiger partial charge < -0.3 is 10.1 Å². The van der Waals surface area contributed by atoms with E-state index in [0.29, 0.717) is 33.7 Å². The van der Waals surface area contributed by atoms with E-state index in [0.717, 1.165) is 5.56 Å². The van der Waals surface area contributed by atoms with E-state index in [1.165, 1.54) is 11.8 Å². The van der Waals surface area contributed by atoms with Crippen molar-refractivity contribution >= 4 is 57.7 Å². The Morgan fingerprint density at radius 3 is 2.53 bits per heavy atom. The molecule has 3 aromatic rings. The second kappa shape index (κ2) is 11.9. The molecule has 0 bridgehead atoms. The first-order valence-electron chi connectivity index (χ1n) is 11.4. The molecule has 0 saturated carbocycles. The summed E-state index contributed by atoms with van der Waals surface area (Å²) in [4.78, 5) is 44.5. The Morgan fingerprint density at radius 1 is 1.08 bits per heavy atom. The lowest BCUT2D eigenvalue weighted by Gasteiger charge is -2.32. The van der Waals surface area contributed by atoms with Gasteiger partial charge in [0.2, 0.25) is 11.8 Å². The second-order valence-corrected chi connectivity index (χ2v) is 9.54. The average Bonchev–Trinajstić information content (AvgIpc) is 2.87. The van der Waals surface area contributed by atoms with Crippen molar-refractivity contribution < 1.29 is 19.1 Å². The first kappa shape index (κ1) is 25.5. The summed E-state index contributed by atoms with van der Waals surface area (Å²) < 4.78 is 5.03. The zero-order valence-corrected chi connectivity index (χ0v) is 21.1. The molecule has 1 aliphatic rings. The van der Waals surface area contributed by atoms with Crippen molar-refractivity contribution in [3.63, 3.8) is 0 Å². The lowest BCUT2D eigenvalue weighted by atomic mass is 10.2. The van der Waals surface area contributed by atoms with Crippen LogP contribution in [0.3, 0.4) is 0 Å². The molecular formula is C27H24ClN3O4S. The maximum absolute atomic E-state index is 13.2. The maximum atomic E-state index is 13.2. The molecule has 184 valence electrons. The average molecular weight is 522 g/mol. The number of thioether (sulfide) groups is 1. The third kappa shape index (κ3) is 6.53. The Balaban J connectivity index is 1.59. The van der Waals surface area contributed by atoms with Gasteiger partial charge in [-0.15, -0.1) is 0 Å². The van der Waals surface area contributed by atoms with Gasteiger partial charge >= 0.3 is 5.97 Å². The minimum absolute atomic E-state index is 0.0325. The molecule has 4 rings (SSSR count). The number of hydrogen-bond donors (Lipinski definition) is 1. The molecule has 0 radical (unpaired) electrons. The molecule has 0 spiro atoms. The quantitative estimate of drug-likeness (QED) is 0.404. The third-order valence-corrected chi connectivity index (χ3v) is 6.73. The molecule has 36 heavy (non-hydrogen) atoms. The van der Waals surface area contributed by atoms with E-state index in [-0.39, 0.29) is 24.8 Å². The van der Waals surface area contributed by atoms with E-state index in [1.807, 2.05) is 30.3 Å². The van der Waals surface area contributed by atoms with Crippen LogP contribution in [0.4, 0.5) is 11.4 Å². The van der Waals surface area contributed by atoms with E-state index in [4.69, 9.17) is 16.3 Å². The molecule has 0 unspecified atom stereocenters. The summed E-state index contributed by atoms with van der Waals surface area (Å²) in [5, 5.41) is 3.08. The number of nitrogens with zero attached hydrogens (tertiary/aromatic N) is 2. The molecule has 1 saturated heterocycles. The van der Waals surface area contributed by atoms with Crippen LogP contribution in [0.1, 0.15) is 29.3 Å². The fourth-order valence-electron chi connectivity index (χ4n) is 3.55. The Kier molecular flexibility index (Phi) is 8.40. The Labute approximate surface area is 218 Å². The van der Waals surface area contributed by atoms with Gasteiger partial charge in [0.05, 0.1) is 24.4 Å². The largest absolute Gasteiger partial charge is 0.462 e. The summed E-state index contributed by atoms with van der Waals surface area (Å²) in [6, 6.07) is 23.0. The van der Waals surface area contributed by atoms with Gasteiger partial charge in [-0.05, 0) is 55.0 Å². The van der Waals surface area contributed by atoms with E-state index in [2.05, 4.69) is 10.3 Å². The van der Waals surface area contributed by atoms with Crippen LogP contribution in [0.2, 0.25) is 5.02 Å². The number of aliphatic imine (C=N–C) groups is 1. The van der Waals surface area contributed by atoms with Gasteiger partial charge in [0.15, 0.2) is 5.17 Å². The van der Waals surface area contributed by atoms with Crippen molar-refractivity contribution in [2.45, 2.75) is 25.1 Å². The van der Waals surface area contributed by atoms with Gasteiger partial charge in [0.1, 0.15) is 5.25 Å². The van der Waals surface area contributed by atoms with Crippen molar-refractivity contribution in [3.05, 3.63) is 95.0 Å². The van der Waals surface area contributed by atoms with E-state index in [1.54, 1.807) is 60.4 Å². The minimum Gasteiger partial charge on any atom is -0.462 e. The van der Waals surface area contributed by atoms with Gasteiger partial charge in [-0.25, -0.2) is 9.79 Å². The SMILES string of the molecule is CCOC(=O)c1ccc(N=C2S[C@H](C(=O)Nc3cccc(Cl)c3)CC(=O)N2Cc2ccccc2)cc1. The molecular weight excluding hydrogens is 498 g/mol. The number of amidine groups is 1. The maximum Gasteiger partial charge on any atom is 0.338 e. The van der Waals surface area contributed by atoms with Gasteiger partial charge in [0.25, 0.3) is 0 Å². The molecule has 1 aliphatic heterocycles. The topological polar surface area (TPSA) is 88.1 Å². The number of halogens is 1. The van der Waals surface area contributed by atoms with Crippen LogP contribution >= 0.6 is 23.4 Å². The number of amides is 2. The Morgan fingerprint density at radius 2 is 1.83 bits per heavy atom. The number of rotatable bonds is 7. The fourth-order valence-corrected chi connectivity index (χ4v) is 4.84. The summed E-state index contributed by atoms with van der Waals surface area (Å²) in [5.74, 6) is -0.923. The van der Waals surface area contributed by atoms with Gasteiger partial charge in [-0.1, -0.05) is 59.8 Å². The molecule has 2 amide bonds. The summed E-state index contributed by atoms with van der Waals surface area (Å²) in [6.07, 6.45) is 0.0325. The van der Waals surface area contributed by atoms with Crippen LogP contribution in [-0.2, 0) is 20.9 Å². The standard InChI is InChI=1S/C27H24ClN3O4S/c1-2-35-26(34)19-11-13-21(14-12-19)30-27-31(17-18-7-4-3-5-8-18)24(32)16-23(36-27)25(33)29-22-10-6-9-20(28)15-22/h3-15,23H,2,16-17H2,1H3,(H,29,33)/t23-/m0/s1. The molecule has 1 fully saturated rings. The molecule has 7 nitrogen and oxygen atoms in total. The van der Waals surface area contributed by atoms with Crippen molar-refractivity contribution in [2.24, 2.45) is 4.99 Å². The highest BCUT2D eigenvalue weighted by Gasteiger charge is 2.36. The first-order valence-corrected chi connectivity index (χ1v) is 12.6. The summed E-state index contributed by atoms with van der Waals surface area (Å²) in [6.45, 7) is 2.36. The van der Waals surface area contributed by atoms with Crippen LogP contribution in [-0.4, -0.2) is 39.7 Å². The Hall–Kier alpha value is -3.62. The monoisotopic (exact) mass is 521 g/mol. The van der Waals surface area contributed by atoms with Gasteiger partial charge in [-0.2, -0.15) is 0 Å². The van der Waals surface area contributed by atoms with Crippen molar-refractivity contribution in [2.75, 3.05) is 11.9 Å². The third-order valence-electron chi connectivity index (χ3n) is 5.31. The van der Waals surface area contributed by atoms with Crippen molar-refractivity contribution in [1.82, 2.24) is 4.90 Å². The number of carbonyl (C=O) groups excluding carboxylic acids is 3.